The third kappa shape index (κ3) is 11.6. The van der Waals surface area contributed by atoms with Crippen molar-refractivity contribution in [3.05, 3.63) is 78.6 Å². The van der Waals surface area contributed by atoms with E-state index in [0.29, 0.717) is 17.9 Å². The number of rotatable bonds is 12. The van der Waals surface area contributed by atoms with Crippen LogP contribution in [0.4, 0.5) is 0 Å². The molecule has 0 fully saturated rings. The molecule has 0 saturated carbocycles. The summed E-state index contributed by atoms with van der Waals surface area (Å²) in [6, 6.07) is 15.2. The molecule has 3 aromatic rings. The number of nitrogens with zero attached hydrogens (tertiary/aromatic N) is 2. The number of amidine groups is 1. The van der Waals surface area contributed by atoms with Crippen LogP contribution >= 0.6 is 66.7 Å². The molecule has 1 aromatic heterocycles. The average molecular weight is 684 g/mol. The molecule has 1 amide bonds. The molecule has 0 aliphatic rings. The number of hydrogen-bond acceptors (Lipinski definition) is 9. The van der Waals surface area contributed by atoms with Gasteiger partial charge in [0.1, 0.15) is 15.8 Å². The van der Waals surface area contributed by atoms with Crippen molar-refractivity contribution in [3.63, 3.8) is 0 Å². The van der Waals surface area contributed by atoms with Crippen molar-refractivity contribution in [3.8, 4) is 0 Å². The van der Waals surface area contributed by atoms with Crippen LogP contribution in [-0.2, 0) is 35.3 Å². The van der Waals surface area contributed by atoms with Gasteiger partial charge in [0, 0.05) is 28.2 Å². The van der Waals surface area contributed by atoms with Crippen LogP contribution < -0.4 is 5.32 Å². The fraction of sp³-hybridized carbons (Fsp3) is 0.280. The van der Waals surface area contributed by atoms with Gasteiger partial charge in [0.05, 0.1) is 17.9 Å². The minimum absolute atomic E-state index is 0.0363. The maximum absolute atomic E-state index is 12.4. The summed E-state index contributed by atoms with van der Waals surface area (Å²) in [6.45, 7) is 0. The quantitative estimate of drug-likeness (QED) is 0.121. The van der Waals surface area contributed by atoms with E-state index in [-0.39, 0.29) is 29.7 Å². The first-order chi connectivity index (χ1) is 17.8. The fourth-order valence-corrected chi connectivity index (χ4v) is 6.73. The van der Waals surface area contributed by atoms with E-state index in [1.165, 1.54) is 11.3 Å². The minimum atomic E-state index is -0.274. The van der Waals surface area contributed by atoms with E-state index in [2.05, 4.69) is 47.4 Å². The molecule has 0 aliphatic carbocycles. The molecule has 2 aromatic carbocycles. The van der Waals surface area contributed by atoms with Gasteiger partial charge in [0.2, 0.25) is 5.91 Å². The molecule has 0 spiro atoms. The molecule has 12 heteroatoms. The summed E-state index contributed by atoms with van der Waals surface area (Å²) in [7, 11) is 0. The molecule has 0 saturated heterocycles. The lowest BCUT2D eigenvalue weighted by Crippen LogP contribution is -2.29. The second-order valence-electron chi connectivity index (χ2n) is 7.93. The van der Waals surface area contributed by atoms with Crippen LogP contribution in [0.15, 0.2) is 57.5 Å². The molecular weight excluding hydrogens is 658 g/mol. The van der Waals surface area contributed by atoms with Gasteiger partial charge < -0.3 is 5.32 Å². The van der Waals surface area contributed by atoms with Crippen LogP contribution in [0.5, 0.6) is 0 Å². The van der Waals surface area contributed by atoms with Crippen LogP contribution in [0, 0.1) is 10.8 Å². The Morgan fingerprint density at radius 3 is 2.22 bits per heavy atom. The molecule has 1 heterocycles. The Morgan fingerprint density at radius 1 is 0.892 bits per heavy atom. The zero-order chi connectivity index (χ0) is 26.6. The molecular formula is C25H25Br2N5O2S3. The summed E-state index contributed by atoms with van der Waals surface area (Å²) in [4.78, 5) is 24.5. The van der Waals surface area contributed by atoms with Crippen LogP contribution in [0.2, 0.25) is 0 Å². The number of thioether (sulfide) groups is 2. The largest absolute Gasteiger partial charge is 0.305 e. The highest BCUT2D eigenvalue weighted by Gasteiger charge is 2.12. The zero-order valence-electron chi connectivity index (χ0n) is 19.8. The van der Waals surface area contributed by atoms with Gasteiger partial charge in [0.15, 0.2) is 5.17 Å². The van der Waals surface area contributed by atoms with E-state index in [4.69, 9.17) is 10.8 Å². The second kappa shape index (κ2) is 15.5. The van der Waals surface area contributed by atoms with Gasteiger partial charge >= 0.3 is 0 Å². The molecule has 0 aliphatic heterocycles. The van der Waals surface area contributed by atoms with Crippen molar-refractivity contribution in [1.29, 1.82) is 10.8 Å². The van der Waals surface area contributed by atoms with Crippen LogP contribution in [-0.4, -0.2) is 43.6 Å². The number of aryl methyl sites for hydroxylation is 1. The van der Waals surface area contributed by atoms with Crippen molar-refractivity contribution in [2.75, 3.05) is 11.5 Å². The number of ketones is 1. The van der Waals surface area contributed by atoms with Gasteiger partial charge in [-0.1, -0.05) is 56.1 Å². The maximum Gasteiger partial charge on any atom is 0.230 e. The van der Waals surface area contributed by atoms with Crippen molar-refractivity contribution in [2.24, 2.45) is 0 Å². The Balaban J connectivity index is 1.27. The summed E-state index contributed by atoms with van der Waals surface area (Å²) < 4.78 is 1.86. The van der Waals surface area contributed by atoms with E-state index in [1.54, 1.807) is 11.8 Å². The zero-order valence-corrected chi connectivity index (χ0v) is 25.4. The lowest BCUT2D eigenvalue weighted by atomic mass is 10.1. The third-order valence-corrected chi connectivity index (χ3v) is 8.52. The normalized spacial score (nSPS) is 10.8. The van der Waals surface area contributed by atoms with Crippen LogP contribution in [0.25, 0.3) is 0 Å². The van der Waals surface area contributed by atoms with E-state index in [9.17, 15) is 9.59 Å². The molecule has 0 radical (unpaired) electrons. The highest BCUT2D eigenvalue weighted by molar-refractivity contribution is 9.10. The summed E-state index contributed by atoms with van der Waals surface area (Å²) in [6.07, 6.45) is 2.12. The number of amides is 1. The number of Topliss-reactive ketones (excluding diaryl/α,β-unsaturated/α-hetero) is 1. The topological polar surface area (TPSA) is 120 Å². The first-order valence-corrected chi connectivity index (χ1v) is 15.7. The van der Waals surface area contributed by atoms with Gasteiger partial charge in [-0.15, -0.1) is 21.5 Å². The minimum Gasteiger partial charge on any atom is -0.305 e. The van der Waals surface area contributed by atoms with Gasteiger partial charge in [-0.25, -0.2) is 0 Å². The summed E-state index contributed by atoms with van der Waals surface area (Å²) in [5.74, 6) is 1.41. The summed E-state index contributed by atoms with van der Waals surface area (Å²) in [5.41, 5.74) is 1.83. The molecule has 0 unspecified atom stereocenters. The third-order valence-electron chi connectivity index (χ3n) is 4.81. The molecule has 3 rings (SSSR count). The maximum atomic E-state index is 12.4. The van der Waals surface area contributed by atoms with E-state index < -0.39 is 0 Å². The van der Waals surface area contributed by atoms with Crippen molar-refractivity contribution >= 4 is 88.6 Å². The number of carbonyl (C=O) groups excluding carboxylic acids is 2. The van der Waals surface area contributed by atoms with Gasteiger partial charge in [-0.2, -0.15) is 11.8 Å². The first-order valence-electron chi connectivity index (χ1n) is 11.3. The first kappa shape index (κ1) is 29.7. The Bertz CT molecular complexity index is 1270. The predicted molar refractivity (Wildman–Crippen MR) is 161 cm³/mol. The number of hydrogen-bond donors (Lipinski definition) is 3. The van der Waals surface area contributed by atoms with Crippen molar-refractivity contribution in [2.45, 2.75) is 32.1 Å². The molecule has 7 nitrogen and oxygen atoms in total. The van der Waals surface area contributed by atoms with E-state index >= 15 is 0 Å². The number of nitrogens with one attached hydrogen (secondary N) is 3. The molecule has 3 N–H and O–H groups in total. The molecule has 0 bridgehead atoms. The second-order valence-corrected chi connectivity index (χ2v) is 13.2. The number of benzene rings is 2. The Labute approximate surface area is 245 Å². The van der Waals surface area contributed by atoms with E-state index in [1.807, 2.05) is 48.5 Å². The Morgan fingerprint density at radius 2 is 1.54 bits per heavy atom. The lowest BCUT2D eigenvalue weighted by Gasteiger charge is -2.07. The van der Waals surface area contributed by atoms with Crippen LogP contribution in [0.3, 0.4) is 0 Å². The molecule has 0 atom stereocenters. The fourth-order valence-electron chi connectivity index (χ4n) is 3.20. The number of carbonyl (C=O) groups is 2. The summed E-state index contributed by atoms with van der Waals surface area (Å²) in [5, 5.41) is 28.8. The van der Waals surface area contributed by atoms with Crippen LogP contribution in [0.1, 0.15) is 27.6 Å². The standard InChI is InChI=1S/C25H25Br2N5O2S3/c26-18-5-1-3-16(11-18)13-20(33)15-24-32-31-23(37-24)8-10-35-9-7-21(28)36-25(29)30-22(34)14-17-4-2-6-19(27)12-17/h1-6,11-12,28H,7-10,13-15H2,(H2,29,30,34). The molecule has 194 valence electrons. The van der Waals surface area contributed by atoms with Gasteiger partial charge in [-0.05, 0) is 58.7 Å². The highest BCUT2D eigenvalue weighted by Crippen LogP contribution is 2.18. The van der Waals surface area contributed by atoms with Gasteiger partial charge in [0.25, 0.3) is 0 Å². The van der Waals surface area contributed by atoms with E-state index in [0.717, 1.165) is 59.8 Å². The molecule has 37 heavy (non-hydrogen) atoms. The SMILES string of the molecule is N=C(CCSCCc1nnc(CC(=O)Cc2cccc(Br)c2)s1)SC(=N)NC(=O)Cc1cccc(Br)c1. The highest BCUT2D eigenvalue weighted by atomic mass is 79.9. The van der Waals surface area contributed by atoms with Gasteiger partial charge in [-0.3, -0.25) is 20.4 Å². The van der Waals surface area contributed by atoms with Crippen molar-refractivity contribution < 1.29 is 9.59 Å². The summed E-state index contributed by atoms with van der Waals surface area (Å²) >= 11 is 10.9. The predicted octanol–water partition coefficient (Wildman–Crippen LogP) is 6.09. The van der Waals surface area contributed by atoms with Crippen molar-refractivity contribution in [1.82, 2.24) is 15.5 Å². The Kier molecular flexibility index (Phi) is 12.5. The lowest BCUT2D eigenvalue weighted by molar-refractivity contribution is -0.119. The smallest absolute Gasteiger partial charge is 0.230 e. The number of aromatic nitrogens is 2. The average Bonchev–Trinajstić information content (AvgIpc) is 3.25. The monoisotopic (exact) mass is 681 g/mol. The Hall–Kier alpha value is -1.86. The number of halogens is 2.